The summed E-state index contributed by atoms with van der Waals surface area (Å²) in [5.41, 5.74) is 2.50. The number of morpholine rings is 1. The summed E-state index contributed by atoms with van der Waals surface area (Å²) in [5.74, 6) is 0.992. The van der Waals surface area contributed by atoms with Crippen LogP contribution < -0.4 is 9.64 Å². The standard InChI is InChI=1S/C13H19NO2/c1-3-11-4-5-12(10-13(11)15-2)14-6-8-16-9-7-14/h4-5,10H,3,6-9H2,1-2H3. The fourth-order valence-electron chi connectivity index (χ4n) is 2.04. The number of methoxy groups -OCH3 is 1. The highest BCUT2D eigenvalue weighted by Gasteiger charge is 2.12. The van der Waals surface area contributed by atoms with Gasteiger partial charge >= 0.3 is 0 Å². The molecule has 0 spiro atoms. The van der Waals surface area contributed by atoms with E-state index in [1.165, 1.54) is 11.3 Å². The summed E-state index contributed by atoms with van der Waals surface area (Å²) in [5, 5.41) is 0. The molecule has 0 atom stereocenters. The second kappa shape index (κ2) is 5.21. The highest BCUT2D eigenvalue weighted by atomic mass is 16.5. The fraction of sp³-hybridized carbons (Fsp3) is 0.538. The summed E-state index contributed by atoms with van der Waals surface area (Å²) in [6.07, 6.45) is 1.01. The Kier molecular flexibility index (Phi) is 3.67. The van der Waals surface area contributed by atoms with Crippen molar-refractivity contribution in [2.45, 2.75) is 13.3 Å². The van der Waals surface area contributed by atoms with Crippen molar-refractivity contribution in [2.75, 3.05) is 38.3 Å². The first-order valence-electron chi connectivity index (χ1n) is 5.84. The molecule has 0 N–H and O–H groups in total. The van der Waals surface area contributed by atoms with E-state index in [9.17, 15) is 0 Å². The second-order valence-corrected chi connectivity index (χ2v) is 3.95. The maximum atomic E-state index is 5.41. The van der Waals surface area contributed by atoms with Gasteiger partial charge in [-0.3, -0.25) is 0 Å². The molecular formula is C13H19NO2. The first-order chi connectivity index (χ1) is 7.85. The van der Waals surface area contributed by atoms with Crippen LogP contribution in [0.15, 0.2) is 18.2 Å². The van der Waals surface area contributed by atoms with Crippen molar-refractivity contribution in [3.05, 3.63) is 23.8 Å². The van der Waals surface area contributed by atoms with Crippen molar-refractivity contribution in [2.24, 2.45) is 0 Å². The maximum absolute atomic E-state index is 5.41. The van der Waals surface area contributed by atoms with Crippen LogP contribution in [-0.4, -0.2) is 33.4 Å². The van der Waals surface area contributed by atoms with E-state index < -0.39 is 0 Å². The lowest BCUT2D eigenvalue weighted by atomic mass is 10.1. The van der Waals surface area contributed by atoms with E-state index in [2.05, 4.69) is 30.0 Å². The molecular weight excluding hydrogens is 202 g/mol. The molecule has 1 fully saturated rings. The van der Waals surface area contributed by atoms with Gasteiger partial charge in [0, 0.05) is 24.8 Å². The Morgan fingerprint density at radius 3 is 2.69 bits per heavy atom. The topological polar surface area (TPSA) is 21.7 Å². The van der Waals surface area contributed by atoms with Crippen LogP contribution in [0.3, 0.4) is 0 Å². The number of hydrogen-bond acceptors (Lipinski definition) is 3. The molecule has 3 nitrogen and oxygen atoms in total. The Morgan fingerprint density at radius 1 is 1.31 bits per heavy atom. The molecule has 16 heavy (non-hydrogen) atoms. The molecule has 1 aliphatic rings. The predicted molar refractivity (Wildman–Crippen MR) is 65.4 cm³/mol. The SMILES string of the molecule is CCc1ccc(N2CCOCC2)cc1OC. The molecule has 0 aliphatic carbocycles. The lowest BCUT2D eigenvalue weighted by Gasteiger charge is -2.29. The molecule has 3 heteroatoms. The van der Waals surface area contributed by atoms with Crippen LogP contribution in [0.1, 0.15) is 12.5 Å². The number of ether oxygens (including phenoxy) is 2. The van der Waals surface area contributed by atoms with Crippen molar-refractivity contribution in [3.8, 4) is 5.75 Å². The van der Waals surface area contributed by atoms with Gasteiger partial charge in [0.05, 0.1) is 20.3 Å². The van der Waals surface area contributed by atoms with Gasteiger partial charge in [0.2, 0.25) is 0 Å². The quantitative estimate of drug-likeness (QED) is 0.780. The predicted octanol–water partition coefficient (Wildman–Crippen LogP) is 2.09. The molecule has 2 rings (SSSR count). The molecule has 0 aromatic heterocycles. The van der Waals surface area contributed by atoms with Crippen LogP contribution in [0.25, 0.3) is 0 Å². The largest absolute Gasteiger partial charge is 0.496 e. The van der Waals surface area contributed by atoms with Crippen LogP contribution in [-0.2, 0) is 11.2 Å². The molecule has 88 valence electrons. The van der Waals surface area contributed by atoms with Crippen LogP contribution in [0.5, 0.6) is 5.75 Å². The van der Waals surface area contributed by atoms with Crippen LogP contribution in [0, 0.1) is 0 Å². The normalized spacial score (nSPS) is 16.2. The summed E-state index contributed by atoms with van der Waals surface area (Å²) in [7, 11) is 1.73. The Balaban J connectivity index is 2.20. The molecule has 0 radical (unpaired) electrons. The summed E-state index contributed by atoms with van der Waals surface area (Å²) in [4.78, 5) is 2.34. The minimum Gasteiger partial charge on any atom is -0.496 e. The van der Waals surface area contributed by atoms with Gasteiger partial charge < -0.3 is 14.4 Å². The second-order valence-electron chi connectivity index (χ2n) is 3.95. The Labute approximate surface area is 97.0 Å². The van der Waals surface area contributed by atoms with E-state index in [0.717, 1.165) is 38.5 Å². The first kappa shape index (κ1) is 11.3. The van der Waals surface area contributed by atoms with Crippen LogP contribution in [0.2, 0.25) is 0 Å². The number of benzene rings is 1. The van der Waals surface area contributed by atoms with Gasteiger partial charge in [-0.25, -0.2) is 0 Å². The van der Waals surface area contributed by atoms with E-state index in [1.807, 2.05) is 0 Å². The zero-order chi connectivity index (χ0) is 11.4. The first-order valence-corrected chi connectivity index (χ1v) is 5.84. The number of rotatable bonds is 3. The minimum absolute atomic E-state index is 0.817. The van der Waals surface area contributed by atoms with E-state index in [4.69, 9.17) is 9.47 Å². The Hall–Kier alpha value is -1.22. The van der Waals surface area contributed by atoms with Crippen molar-refractivity contribution < 1.29 is 9.47 Å². The monoisotopic (exact) mass is 221 g/mol. The number of anilines is 1. The Morgan fingerprint density at radius 2 is 2.06 bits per heavy atom. The average Bonchev–Trinajstić information content (AvgIpc) is 2.39. The average molecular weight is 221 g/mol. The van der Waals surface area contributed by atoms with Crippen LogP contribution in [0.4, 0.5) is 5.69 Å². The zero-order valence-corrected chi connectivity index (χ0v) is 10.0. The number of nitrogens with zero attached hydrogens (tertiary/aromatic N) is 1. The van der Waals surface area contributed by atoms with Gasteiger partial charge in [0.1, 0.15) is 5.75 Å². The lowest BCUT2D eigenvalue weighted by Crippen LogP contribution is -2.36. The number of hydrogen-bond donors (Lipinski definition) is 0. The molecule has 1 heterocycles. The summed E-state index contributed by atoms with van der Waals surface area (Å²) in [6, 6.07) is 6.46. The molecule has 0 bridgehead atoms. The zero-order valence-electron chi connectivity index (χ0n) is 10.0. The third kappa shape index (κ3) is 2.30. The van der Waals surface area contributed by atoms with Gasteiger partial charge in [-0.15, -0.1) is 0 Å². The molecule has 1 aromatic carbocycles. The number of aryl methyl sites for hydroxylation is 1. The van der Waals surface area contributed by atoms with Crippen LogP contribution >= 0.6 is 0 Å². The minimum atomic E-state index is 0.817. The lowest BCUT2D eigenvalue weighted by molar-refractivity contribution is 0.122. The summed E-state index contributed by atoms with van der Waals surface area (Å²) < 4.78 is 10.8. The van der Waals surface area contributed by atoms with E-state index in [0.29, 0.717) is 0 Å². The van der Waals surface area contributed by atoms with Gasteiger partial charge in [-0.05, 0) is 18.1 Å². The van der Waals surface area contributed by atoms with Gasteiger partial charge in [0.25, 0.3) is 0 Å². The van der Waals surface area contributed by atoms with E-state index in [1.54, 1.807) is 7.11 Å². The fourth-order valence-corrected chi connectivity index (χ4v) is 2.04. The van der Waals surface area contributed by atoms with E-state index >= 15 is 0 Å². The smallest absolute Gasteiger partial charge is 0.124 e. The van der Waals surface area contributed by atoms with Crippen molar-refractivity contribution >= 4 is 5.69 Å². The van der Waals surface area contributed by atoms with Crippen molar-refractivity contribution in [3.63, 3.8) is 0 Å². The van der Waals surface area contributed by atoms with Gasteiger partial charge in [-0.2, -0.15) is 0 Å². The third-order valence-electron chi connectivity index (χ3n) is 3.03. The molecule has 0 unspecified atom stereocenters. The van der Waals surface area contributed by atoms with E-state index in [-0.39, 0.29) is 0 Å². The maximum Gasteiger partial charge on any atom is 0.124 e. The molecule has 1 aliphatic heterocycles. The highest BCUT2D eigenvalue weighted by molar-refractivity contribution is 5.54. The molecule has 1 aromatic rings. The molecule has 0 amide bonds. The molecule has 0 saturated carbocycles. The summed E-state index contributed by atoms with van der Waals surface area (Å²) in [6.45, 7) is 5.71. The molecule has 1 saturated heterocycles. The van der Waals surface area contributed by atoms with Gasteiger partial charge in [-0.1, -0.05) is 13.0 Å². The van der Waals surface area contributed by atoms with Crippen molar-refractivity contribution in [1.82, 2.24) is 0 Å². The Bertz CT molecular complexity index is 346. The highest BCUT2D eigenvalue weighted by Crippen LogP contribution is 2.26. The summed E-state index contributed by atoms with van der Waals surface area (Å²) >= 11 is 0. The van der Waals surface area contributed by atoms with Gasteiger partial charge in [0.15, 0.2) is 0 Å². The third-order valence-corrected chi connectivity index (χ3v) is 3.03. The van der Waals surface area contributed by atoms with Crippen molar-refractivity contribution in [1.29, 1.82) is 0 Å².